The second kappa shape index (κ2) is 5.84. The number of fused-ring (bicyclic) bond motifs is 1. The molecule has 0 fully saturated rings. The number of anilines is 1. The molecule has 17 heavy (non-hydrogen) atoms. The summed E-state index contributed by atoms with van der Waals surface area (Å²) in [5, 5.41) is 3.52. The highest BCUT2D eigenvalue weighted by Gasteiger charge is 2.19. The Balaban J connectivity index is 1.89. The van der Waals surface area contributed by atoms with Gasteiger partial charge in [0.1, 0.15) is 0 Å². The fourth-order valence-corrected chi connectivity index (χ4v) is 3.36. The largest absolute Gasteiger partial charge is 0.320 e. The van der Waals surface area contributed by atoms with Gasteiger partial charge in [-0.3, -0.25) is 4.79 Å². The maximum absolute atomic E-state index is 11.8. The van der Waals surface area contributed by atoms with Crippen molar-refractivity contribution in [1.29, 1.82) is 0 Å². The van der Waals surface area contributed by atoms with Crippen LogP contribution in [0.25, 0.3) is 0 Å². The quantitative estimate of drug-likeness (QED) is 0.854. The normalized spacial score (nSPS) is 15.6. The van der Waals surface area contributed by atoms with Crippen molar-refractivity contribution >= 4 is 34.1 Å². The van der Waals surface area contributed by atoms with Crippen LogP contribution in [0.3, 0.4) is 0 Å². The van der Waals surface area contributed by atoms with E-state index in [0.717, 1.165) is 24.3 Å². The SMILES string of the molecule is CSCC[C@@H](N)C(=O)Nc1nc2c(s1)CCC2. The smallest absolute Gasteiger partial charge is 0.243 e. The number of carbonyl (C=O) groups excluding carboxylic acids is 1. The van der Waals surface area contributed by atoms with E-state index in [-0.39, 0.29) is 5.91 Å². The van der Waals surface area contributed by atoms with E-state index >= 15 is 0 Å². The number of carbonyl (C=O) groups is 1. The van der Waals surface area contributed by atoms with Crippen molar-refractivity contribution in [3.63, 3.8) is 0 Å². The molecule has 1 aliphatic carbocycles. The highest BCUT2D eigenvalue weighted by Crippen LogP contribution is 2.30. The van der Waals surface area contributed by atoms with E-state index in [9.17, 15) is 4.79 Å². The summed E-state index contributed by atoms with van der Waals surface area (Å²) < 4.78 is 0. The highest BCUT2D eigenvalue weighted by atomic mass is 32.2. The van der Waals surface area contributed by atoms with Crippen LogP contribution in [0.1, 0.15) is 23.4 Å². The second-order valence-electron chi connectivity index (χ2n) is 4.12. The summed E-state index contributed by atoms with van der Waals surface area (Å²) in [5.41, 5.74) is 6.95. The number of nitrogens with one attached hydrogen (secondary N) is 1. The van der Waals surface area contributed by atoms with Crippen LogP contribution in [-0.4, -0.2) is 28.9 Å². The molecule has 0 spiro atoms. The summed E-state index contributed by atoms with van der Waals surface area (Å²) in [4.78, 5) is 17.5. The number of amides is 1. The van der Waals surface area contributed by atoms with Gasteiger partial charge in [-0.05, 0) is 37.7 Å². The minimum absolute atomic E-state index is 0.119. The lowest BCUT2D eigenvalue weighted by atomic mass is 10.2. The summed E-state index contributed by atoms with van der Waals surface area (Å²) in [5.74, 6) is 0.787. The van der Waals surface area contributed by atoms with Gasteiger partial charge in [-0.1, -0.05) is 0 Å². The molecule has 0 aliphatic heterocycles. The lowest BCUT2D eigenvalue weighted by molar-refractivity contribution is -0.117. The lowest BCUT2D eigenvalue weighted by Gasteiger charge is -2.09. The Kier molecular flexibility index (Phi) is 4.42. The highest BCUT2D eigenvalue weighted by molar-refractivity contribution is 7.98. The van der Waals surface area contributed by atoms with Crippen LogP contribution in [0, 0.1) is 0 Å². The monoisotopic (exact) mass is 271 g/mol. The molecule has 0 saturated carbocycles. The second-order valence-corrected chi connectivity index (χ2v) is 6.19. The number of aromatic nitrogens is 1. The van der Waals surface area contributed by atoms with Gasteiger partial charge in [0.05, 0.1) is 11.7 Å². The molecule has 94 valence electrons. The van der Waals surface area contributed by atoms with Gasteiger partial charge in [0.15, 0.2) is 5.13 Å². The van der Waals surface area contributed by atoms with Crippen LogP contribution < -0.4 is 11.1 Å². The molecule has 2 rings (SSSR count). The fourth-order valence-electron chi connectivity index (χ4n) is 1.82. The van der Waals surface area contributed by atoms with E-state index in [1.54, 1.807) is 23.1 Å². The molecule has 6 heteroatoms. The summed E-state index contributed by atoms with van der Waals surface area (Å²) in [6, 6.07) is -0.429. The van der Waals surface area contributed by atoms with Gasteiger partial charge < -0.3 is 11.1 Å². The Morgan fingerprint density at radius 3 is 3.18 bits per heavy atom. The minimum Gasteiger partial charge on any atom is -0.320 e. The third-order valence-corrected chi connectivity index (χ3v) is 4.51. The van der Waals surface area contributed by atoms with Gasteiger partial charge in [-0.2, -0.15) is 11.8 Å². The van der Waals surface area contributed by atoms with Crippen molar-refractivity contribution in [3.8, 4) is 0 Å². The summed E-state index contributed by atoms with van der Waals surface area (Å²) >= 11 is 3.29. The third kappa shape index (κ3) is 3.20. The van der Waals surface area contributed by atoms with Crippen molar-refractivity contribution in [2.24, 2.45) is 5.73 Å². The molecule has 1 atom stereocenters. The Labute approximate surface area is 109 Å². The first kappa shape index (κ1) is 12.9. The standard InChI is InChI=1S/C11H17N3OS2/c1-16-6-5-7(12)10(15)14-11-13-8-3-2-4-9(8)17-11/h7H,2-6,12H2,1H3,(H,13,14,15)/t7-/m1/s1. The van der Waals surface area contributed by atoms with Crippen LogP contribution >= 0.6 is 23.1 Å². The topological polar surface area (TPSA) is 68.0 Å². The number of hydrogen-bond donors (Lipinski definition) is 2. The molecule has 1 aromatic rings. The predicted octanol–water partition coefficient (Wildman–Crippen LogP) is 1.65. The molecule has 0 unspecified atom stereocenters. The molecule has 0 aromatic carbocycles. The van der Waals surface area contributed by atoms with E-state index in [0.29, 0.717) is 11.6 Å². The van der Waals surface area contributed by atoms with E-state index in [2.05, 4.69) is 10.3 Å². The van der Waals surface area contributed by atoms with Gasteiger partial charge >= 0.3 is 0 Å². The van der Waals surface area contributed by atoms with Crippen LogP contribution in [0.2, 0.25) is 0 Å². The first-order valence-corrected chi connectivity index (χ1v) is 7.95. The molecular weight excluding hydrogens is 254 g/mol. The summed E-state index contributed by atoms with van der Waals surface area (Å²) in [6.45, 7) is 0. The van der Waals surface area contributed by atoms with E-state index in [4.69, 9.17) is 5.73 Å². The van der Waals surface area contributed by atoms with Crippen LogP contribution in [0.4, 0.5) is 5.13 Å². The van der Waals surface area contributed by atoms with Gasteiger partial charge in [0.2, 0.25) is 5.91 Å². The Morgan fingerprint density at radius 2 is 2.47 bits per heavy atom. The first-order valence-electron chi connectivity index (χ1n) is 5.74. The number of nitrogens with two attached hydrogens (primary N) is 1. The molecule has 3 N–H and O–H groups in total. The molecular formula is C11H17N3OS2. The fraction of sp³-hybridized carbons (Fsp3) is 0.636. The average molecular weight is 271 g/mol. The zero-order valence-corrected chi connectivity index (χ0v) is 11.5. The van der Waals surface area contributed by atoms with Crippen LogP contribution in [0.5, 0.6) is 0 Å². The van der Waals surface area contributed by atoms with Crippen molar-refractivity contribution in [3.05, 3.63) is 10.6 Å². The van der Waals surface area contributed by atoms with Gasteiger partial charge in [0, 0.05) is 4.88 Å². The van der Waals surface area contributed by atoms with Crippen molar-refractivity contribution in [1.82, 2.24) is 4.98 Å². The summed E-state index contributed by atoms with van der Waals surface area (Å²) in [7, 11) is 0. The zero-order chi connectivity index (χ0) is 12.3. The van der Waals surface area contributed by atoms with Crippen molar-refractivity contribution in [2.45, 2.75) is 31.7 Å². The van der Waals surface area contributed by atoms with Crippen molar-refractivity contribution in [2.75, 3.05) is 17.3 Å². The lowest BCUT2D eigenvalue weighted by Crippen LogP contribution is -2.36. The zero-order valence-electron chi connectivity index (χ0n) is 9.86. The molecule has 4 nitrogen and oxygen atoms in total. The Morgan fingerprint density at radius 1 is 1.65 bits per heavy atom. The molecule has 1 amide bonds. The maximum Gasteiger partial charge on any atom is 0.243 e. The maximum atomic E-state index is 11.8. The van der Waals surface area contributed by atoms with Gasteiger partial charge in [0.25, 0.3) is 0 Å². The molecule has 1 aromatic heterocycles. The van der Waals surface area contributed by atoms with Gasteiger partial charge in [-0.15, -0.1) is 11.3 Å². The third-order valence-electron chi connectivity index (χ3n) is 2.80. The molecule has 0 saturated heterocycles. The number of aryl methyl sites for hydroxylation is 2. The molecule has 0 bridgehead atoms. The van der Waals surface area contributed by atoms with E-state index < -0.39 is 6.04 Å². The molecule has 1 heterocycles. The predicted molar refractivity (Wildman–Crippen MR) is 73.7 cm³/mol. The van der Waals surface area contributed by atoms with E-state index in [1.807, 2.05) is 6.26 Å². The Bertz CT molecular complexity index is 384. The molecule has 1 aliphatic rings. The summed E-state index contributed by atoms with van der Waals surface area (Å²) in [6.07, 6.45) is 6.05. The number of thiazole rings is 1. The average Bonchev–Trinajstić information content (AvgIpc) is 2.86. The van der Waals surface area contributed by atoms with Crippen LogP contribution in [-0.2, 0) is 17.6 Å². The van der Waals surface area contributed by atoms with Crippen LogP contribution in [0.15, 0.2) is 0 Å². The first-order chi connectivity index (χ1) is 8.20. The minimum atomic E-state index is -0.429. The number of rotatable bonds is 5. The van der Waals surface area contributed by atoms with Gasteiger partial charge in [-0.25, -0.2) is 4.98 Å². The Hall–Kier alpha value is -0.590. The number of nitrogens with zero attached hydrogens (tertiary/aromatic N) is 1. The number of thioether (sulfide) groups is 1. The number of hydrogen-bond acceptors (Lipinski definition) is 5. The molecule has 0 radical (unpaired) electrons. The van der Waals surface area contributed by atoms with E-state index in [1.165, 1.54) is 11.3 Å². The van der Waals surface area contributed by atoms with Crippen molar-refractivity contribution < 1.29 is 4.79 Å².